The Morgan fingerprint density at radius 1 is 1.38 bits per heavy atom. The molecule has 2 aromatic rings. The van der Waals surface area contributed by atoms with E-state index in [9.17, 15) is 14.7 Å². The van der Waals surface area contributed by atoms with E-state index < -0.39 is 0 Å². The molecule has 0 saturated carbocycles. The number of pyridine rings is 1. The number of benzene rings is 1. The molecular formula is C16H20N2O3. The fourth-order valence-corrected chi connectivity index (χ4v) is 2.29. The molecule has 5 nitrogen and oxygen atoms in total. The molecular weight excluding hydrogens is 268 g/mol. The van der Waals surface area contributed by atoms with Gasteiger partial charge in [-0.25, -0.2) is 0 Å². The molecule has 1 heterocycles. The molecule has 3 N–H and O–H groups in total. The van der Waals surface area contributed by atoms with Gasteiger partial charge >= 0.3 is 0 Å². The molecule has 0 aliphatic carbocycles. The number of hydrogen-bond donors (Lipinski definition) is 3. The minimum Gasteiger partial charge on any atom is -0.394 e. The molecule has 2 rings (SSSR count). The number of carbonyl (C=O) groups is 1. The van der Waals surface area contributed by atoms with Crippen LogP contribution in [0.5, 0.6) is 0 Å². The predicted molar refractivity (Wildman–Crippen MR) is 82.4 cm³/mol. The van der Waals surface area contributed by atoms with Crippen molar-refractivity contribution in [2.75, 3.05) is 6.61 Å². The topological polar surface area (TPSA) is 82.2 Å². The SMILES string of the molecule is CCC(C)C(CO)NC(=O)c1cc(=O)[nH]c2ccccc12. The second-order valence-corrected chi connectivity index (χ2v) is 5.24. The first-order valence-electron chi connectivity index (χ1n) is 7.10. The van der Waals surface area contributed by atoms with Gasteiger partial charge < -0.3 is 15.4 Å². The minimum absolute atomic E-state index is 0.123. The molecule has 2 unspecified atom stereocenters. The zero-order chi connectivity index (χ0) is 15.4. The Hall–Kier alpha value is -2.14. The van der Waals surface area contributed by atoms with Crippen LogP contribution in [0.1, 0.15) is 30.6 Å². The summed E-state index contributed by atoms with van der Waals surface area (Å²) < 4.78 is 0. The van der Waals surface area contributed by atoms with Crippen LogP contribution in [-0.2, 0) is 0 Å². The van der Waals surface area contributed by atoms with E-state index in [-0.39, 0.29) is 30.0 Å². The standard InChI is InChI=1S/C16H20N2O3/c1-3-10(2)14(9-19)18-16(21)12-8-15(20)17-13-7-5-4-6-11(12)13/h4-8,10,14,19H,3,9H2,1-2H3,(H,17,20)(H,18,21). The van der Waals surface area contributed by atoms with Crippen molar-refractivity contribution in [3.8, 4) is 0 Å². The molecule has 1 aromatic carbocycles. The van der Waals surface area contributed by atoms with Crippen molar-refractivity contribution in [3.63, 3.8) is 0 Å². The molecule has 21 heavy (non-hydrogen) atoms. The smallest absolute Gasteiger partial charge is 0.252 e. The Balaban J connectivity index is 2.37. The maximum Gasteiger partial charge on any atom is 0.252 e. The lowest BCUT2D eigenvalue weighted by Gasteiger charge is -2.22. The average molecular weight is 288 g/mol. The third-order valence-corrected chi connectivity index (χ3v) is 3.84. The van der Waals surface area contributed by atoms with Crippen molar-refractivity contribution < 1.29 is 9.90 Å². The molecule has 0 saturated heterocycles. The highest BCUT2D eigenvalue weighted by Gasteiger charge is 2.19. The zero-order valence-corrected chi connectivity index (χ0v) is 12.2. The van der Waals surface area contributed by atoms with Gasteiger partial charge in [-0.2, -0.15) is 0 Å². The van der Waals surface area contributed by atoms with Gasteiger partial charge in [0.15, 0.2) is 0 Å². The van der Waals surface area contributed by atoms with Crippen LogP contribution in [0.15, 0.2) is 35.1 Å². The highest BCUT2D eigenvalue weighted by molar-refractivity contribution is 6.06. The number of aliphatic hydroxyl groups excluding tert-OH is 1. The molecule has 0 aliphatic rings. The van der Waals surface area contributed by atoms with Crippen LogP contribution in [0.25, 0.3) is 10.9 Å². The van der Waals surface area contributed by atoms with Crippen LogP contribution in [0.4, 0.5) is 0 Å². The van der Waals surface area contributed by atoms with Gasteiger partial charge in [0.25, 0.3) is 5.91 Å². The first-order valence-corrected chi connectivity index (χ1v) is 7.10. The summed E-state index contributed by atoms with van der Waals surface area (Å²) in [6.07, 6.45) is 0.849. The number of nitrogens with one attached hydrogen (secondary N) is 2. The van der Waals surface area contributed by atoms with Crippen LogP contribution in [0.2, 0.25) is 0 Å². The van der Waals surface area contributed by atoms with E-state index in [1.807, 2.05) is 19.9 Å². The molecule has 2 atom stereocenters. The molecule has 0 bridgehead atoms. The number of fused-ring (bicyclic) bond motifs is 1. The maximum atomic E-state index is 12.4. The zero-order valence-electron chi connectivity index (χ0n) is 12.2. The van der Waals surface area contributed by atoms with Crippen LogP contribution < -0.4 is 10.9 Å². The monoisotopic (exact) mass is 288 g/mol. The van der Waals surface area contributed by atoms with Gasteiger partial charge in [0, 0.05) is 17.0 Å². The molecule has 0 fully saturated rings. The summed E-state index contributed by atoms with van der Waals surface area (Å²) in [5, 5.41) is 12.9. The number of carbonyl (C=O) groups excluding carboxylic acids is 1. The number of amides is 1. The molecule has 112 valence electrons. The van der Waals surface area contributed by atoms with Gasteiger partial charge in [-0.1, -0.05) is 38.5 Å². The predicted octanol–water partition coefficient (Wildman–Crippen LogP) is 1.66. The molecule has 0 radical (unpaired) electrons. The second-order valence-electron chi connectivity index (χ2n) is 5.24. The highest BCUT2D eigenvalue weighted by atomic mass is 16.3. The van der Waals surface area contributed by atoms with E-state index in [0.717, 1.165) is 6.42 Å². The molecule has 1 aromatic heterocycles. The van der Waals surface area contributed by atoms with Gasteiger partial charge in [0.1, 0.15) is 0 Å². The quantitative estimate of drug-likeness (QED) is 0.782. The number of aromatic nitrogens is 1. The van der Waals surface area contributed by atoms with Gasteiger partial charge in [-0.05, 0) is 12.0 Å². The lowest BCUT2D eigenvalue weighted by Crippen LogP contribution is -2.42. The summed E-state index contributed by atoms with van der Waals surface area (Å²) in [6, 6.07) is 8.14. The summed E-state index contributed by atoms with van der Waals surface area (Å²) in [5.74, 6) is -0.177. The molecule has 1 amide bonds. The van der Waals surface area contributed by atoms with Gasteiger partial charge in [-0.3, -0.25) is 9.59 Å². The van der Waals surface area contributed by atoms with Crippen molar-refractivity contribution in [1.82, 2.24) is 10.3 Å². The Kier molecular flexibility index (Phi) is 4.75. The number of H-pyrrole nitrogens is 1. The Labute approximate surface area is 123 Å². The first kappa shape index (κ1) is 15.3. The average Bonchev–Trinajstić information content (AvgIpc) is 2.50. The highest BCUT2D eigenvalue weighted by Crippen LogP contribution is 2.15. The van der Waals surface area contributed by atoms with Crippen LogP contribution in [0.3, 0.4) is 0 Å². The van der Waals surface area contributed by atoms with Crippen molar-refractivity contribution in [1.29, 1.82) is 0 Å². The lowest BCUT2D eigenvalue weighted by atomic mass is 9.99. The normalized spacial score (nSPS) is 13.9. The van der Waals surface area contributed by atoms with Gasteiger partial charge in [-0.15, -0.1) is 0 Å². The summed E-state index contributed by atoms with van der Waals surface area (Å²) in [7, 11) is 0. The third-order valence-electron chi connectivity index (χ3n) is 3.84. The van der Waals surface area contributed by atoms with Gasteiger partial charge in [0.2, 0.25) is 5.56 Å². The van der Waals surface area contributed by atoms with Crippen LogP contribution >= 0.6 is 0 Å². The fourth-order valence-electron chi connectivity index (χ4n) is 2.29. The van der Waals surface area contributed by atoms with E-state index in [1.54, 1.807) is 18.2 Å². The molecule has 0 spiro atoms. The summed E-state index contributed by atoms with van der Waals surface area (Å²) in [6.45, 7) is 3.85. The number of hydrogen-bond acceptors (Lipinski definition) is 3. The second kappa shape index (κ2) is 6.54. The number of rotatable bonds is 5. The van der Waals surface area contributed by atoms with Crippen molar-refractivity contribution in [3.05, 3.63) is 46.2 Å². The van der Waals surface area contributed by atoms with Crippen molar-refractivity contribution >= 4 is 16.8 Å². The minimum atomic E-state index is -0.336. The lowest BCUT2D eigenvalue weighted by molar-refractivity contribution is 0.0893. The maximum absolute atomic E-state index is 12.4. The largest absolute Gasteiger partial charge is 0.394 e. The van der Waals surface area contributed by atoms with E-state index in [1.165, 1.54) is 6.07 Å². The van der Waals surface area contributed by atoms with Crippen molar-refractivity contribution in [2.45, 2.75) is 26.3 Å². The summed E-state index contributed by atoms with van der Waals surface area (Å²) in [4.78, 5) is 26.8. The van der Waals surface area contributed by atoms with Gasteiger partial charge in [0.05, 0.1) is 18.2 Å². The molecule has 0 aliphatic heterocycles. The van der Waals surface area contributed by atoms with Crippen molar-refractivity contribution in [2.24, 2.45) is 5.92 Å². The van der Waals surface area contributed by atoms with E-state index in [2.05, 4.69) is 10.3 Å². The third kappa shape index (κ3) is 3.31. The van der Waals surface area contributed by atoms with E-state index in [0.29, 0.717) is 16.5 Å². The molecule has 5 heteroatoms. The Morgan fingerprint density at radius 3 is 2.76 bits per heavy atom. The Bertz CT molecular complexity index is 693. The van der Waals surface area contributed by atoms with Crippen LogP contribution in [-0.4, -0.2) is 28.6 Å². The number of aliphatic hydroxyl groups is 1. The van der Waals surface area contributed by atoms with E-state index in [4.69, 9.17) is 0 Å². The van der Waals surface area contributed by atoms with Crippen LogP contribution in [0, 0.1) is 5.92 Å². The fraction of sp³-hybridized carbons (Fsp3) is 0.375. The Morgan fingerprint density at radius 2 is 2.10 bits per heavy atom. The van der Waals surface area contributed by atoms with E-state index >= 15 is 0 Å². The summed E-state index contributed by atoms with van der Waals surface area (Å²) in [5.41, 5.74) is 0.637. The summed E-state index contributed by atoms with van der Waals surface area (Å²) >= 11 is 0. The number of aromatic amines is 1. The first-order chi connectivity index (χ1) is 10.1. The number of para-hydroxylation sites is 1.